The Morgan fingerprint density at radius 3 is 2.61 bits per heavy atom. The third-order valence-corrected chi connectivity index (χ3v) is 5.05. The van der Waals surface area contributed by atoms with Gasteiger partial charge >= 0.3 is 0 Å². The second-order valence-electron chi connectivity index (χ2n) is 6.79. The summed E-state index contributed by atoms with van der Waals surface area (Å²) in [6.07, 6.45) is 7.74. The monoisotopic (exact) mass is 318 g/mol. The van der Waals surface area contributed by atoms with Crippen LogP contribution in [-0.4, -0.2) is 43.6 Å². The van der Waals surface area contributed by atoms with Gasteiger partial charge in [0.2, 0.25) is 0 Å². The number of guanidine groups is 1. The molecule has 128 valence electrons. The summed E-state index contributed by atoms with van der Waals surface area (Å²) >= 11 is 0. The lowest BCUT2D eigenvalue weighted by molar-refractivity contribution is 0.213. The molecule has 1 aliphatic carbocycles. The first-order valence-electron chi connectivity index (χ1n) is 9.04. The number of aryl methyl sites for hydroxylation is 1. The van der Waals surface area contributed by atoms with Crippen LogP contribution in [0, 0.1) is 6.92 Å². The molecule has 2 heterocycles. The number of nitrogens with zero attached hydrogens (tertiary/aromatic N) is 2. The summed E-state index contributed by atoms with van der Waals surface area (Å²) in [7, 11) is 1.85. The molecule has 5 nitrogen and oxygen atoms in total. The van der Waals surface area contributed by atoms with Gasteiger partial charge in [-0.1, -0.05) is 12.8 Å². The molecular weight excluding hydrogens is 288 g/mol. The van der Waals surface area contributed by atoms with Crippen LogP contribution in [0.3, 0.4) is 0 Å². The average Bonchev–Trinajstić information content (AvgIpc) is 3.29. The fraction of sp³-hybridized carbons (Fsp3) is 0.722. The van der Waals surface area contributed by atoms with Crippen molar-refractivity contribution in [1.82, 2.24) is 15.5 Å². The summed E-state index contributed by atoms with van der Waals surface area (Å²) < 4.78 is 5.92. The van der Waals surface area contributed by atoms with Gasteiger partial charge in [-0.15, -0.1) is 0 Å². The van der Waals surface area contributed by atoms with Gasteiger partial charge in [0.1, 0.15) is 11.5 Å². The maximum Gasteiger partial charge on any atom is 0.191 e. The van der Waals surface area contributed by atoms with Gasteiger partial charge in [0.25, 0.3) is 0 Å². The van der Waals surface area contributed by atoms with E-state index in [9.17, 15) is 0 Å². The second-order valence-corrected chi connectivity index (χ2v) is 6.79. The van der Waals surface area contributed by atoms with Gasteiger partial charge in [-0.05, 0) is 57.8 Å². The van der Waals surface area contributed by atoms with Crippen molar-refractivity contribution in [3.05, 3.63) is 23.7 Å². The molecule has 1 atom stereocenters. The highest BCUT2D eigenvalue weighted by Crippen LogP contribution is 2.26. The van der Waals surface area contributed by atoms with Crippen LogP contribution in [0.25, 0.3) is 0 Å². The third kappa shape index (κ3) is 4.28. The topological polar surface area (TPSA) is 52.8 Å². The summed E-state index contributed by atoms with van der Waals surface area (Å²) in [5.41, 5.74) is 0. The zero-order chi connectivity index (χ0) is 16.1. The number of aliphatic imine (C=N–C) groups is 1. The first kappa shape index (κ1) is 16.4. The highest BCUT2D eigenvalue weighted by Gasteiger charge is 2.26. The molecule has 1 saturated heterocycles. The Kier molecular flexibility index (Phi) is 5.60. The normalized spacial score (nSPS) is 21.7. The maximum absolute atomic E-state index is 5.92. The van der Waals surface area contributed by atoms with Crippen LogP contribution in [0.1, 0.15) is 56.1 Å². The van der Waals surface area contributed by atoms with Crippen molar-refractivity contribution in [1.29, 1.82) is 0 Å². The van der Waals surface area contributed by atoms with E-state index in [0.717, 1.165) is 37.1 Å². The summed E-state index contributed by atoms with van der Waals surface area (Å²) in [5, 5.41) is 7.08. The standard InChI is InChI=1S/C18H30N4O/c1-14-9-10-17(23-14)16(22-11-5-6-12-22)13-20-18(19-2)21-15-7-3-4-8-15/h9-10,15-16H,3-8,11-13H2,1-2H3,(H2,19,20,21). The Morgan fingerprint density at radius 2 is 2.00 bits per heavy atom. The molecule has 0 spiro atoms. The van der Waals surface area contributed by atoms with Crippen LogP contribution in [0.5, 0.6) is 0 Å². The minimum absolute atomic E-state index is 0.285. The van der Waals surface area contributed by atoms with E-state index in [0.29, 0.717) is 6.04 Å². The number of hydrogen-bond acceptors (Lipinski definition) is 3. The second kappa shape index (κ2) is 7.86. The van der Waals surface area contributed by atoms with Gasteiger partial charge in [0, 0.05) is 19.6 Å². The summed E-state index contributed by atoms with van der Waals surface area (Å²) in [4.78, 5) is 6.92. The van der Waals surface area contributed by atoms with E-state index in [1.54, 1.807) is 0 Å². The van der Waals surface area contributed by atoms with Crippen molar-refractivity contribution in [2.75, 3.05) is 26.7 Å². The number of nitrogens with one attached hydrogen (secondary N) is 2. The van der Waals surface area contributed by atoms with E-state index in [4.69, 9.17) is 4.42 Å². The molecule has 2 aliphatic rings. The molecule has 0 bridgehead atoms. The Labute approximate surface area is 139 Å². The first-order valence-corrected chi connectivity index (χ1v) is 9.04. The predicted molar refractivity (Wildman–Crippen MR) is 93.7 cm³/mol. The first-order chi connectivity index (χ1) is 11.3. The van der Waals surface area contributed by atoms with Gasteiger partial charge < -0.3 is 15.1 Å². The molecule has 1 aliphatic heterocycles. The van der Waals surface area contributed by atoms with E-state index < -0.39 is 0 Å². The molecule has 3 rings (SSSR count). The van der Waals surface area contributed by atoms with Crippen molar-refractivity contribution >= 4 is 5.96 Å². The lowest BCUT2D eigenvalue weighted by atomic mass is 10.2. The highest BCUT2D eigenvalue weighted by molar-refractivity contribution is 5.80. The third-order valence-electron chi connectivity index (χ3n) is 5.05. The summed E-state index contributed by atoms with van der Waals surface area (Å²) in [6, 6.07) is 5.04. The van der Waals surface area contributed by atoms with Gasteiger partial charge in [-0.3, -0.25) is 9.89 Å². The Hall–Kier alpha value is -1.49. The Morgan fingerprint density at radius 1 is 1.26 bits per heavy atom. The van der Waals surface area contributed by atoms with Crippen LogP contribution in [0.4, 0.5) is 0 Å². The number of rotatable bonds is 5. The van der Waals surface area contributed by atoms with Crippen molar-refractivity contribution in [2.45, 2.75) is 57.5 Å². The van der Waals surface area contributed by atoms with Crippen LogP contribution >= 0.6 is 0 Å². The van der Waals surface area contributed by atoms with E-state index in [2.05, 4.69) is 32.7 Å². The van der Waals surface area contributed by atoms with E-state index >= 15 is 0 Å². The Balaban J connectivity index is 1.60. The SMILES string of the molecule is CN=C(NCC(c1ccc(C)o1)N1CCCC1)NC1CCCC1. The minimum atomic E-state index is 0.285. The molecule has 1 aromatic heterocycles. The van der Waals surface area contributed by atoms with Crippen LogP contribution < -0.4 is 10.6 Å². The van der Waals surface area contributed by atoms with Crippen molar-refractivity contribution in [3.8, 4) is 0 Å². The zero-order valence-electron chi connectivity index (χ0n) is 14.5. The molecule has 1 aromatic rings. The van der Waals surface area contributed by atoms with Gasteiger partial charge in [-0.25, -0.2) is 0 Å². The molecular formula is C18H30N4O. The maximum atomic E-state index is 5.92. The van der Waals surface area contributed by atoms with Crippen molar-refractivity contribution < 1.29 is 4.42 Å². The average molecular weight is 318 g/mol. The minimum Gasteiger partial charge on any atom is -0.465 e. The fourth-order valence-electron chi connectivity index (χ4n) is 3.75. The van der Waals surface area contributed by atoms with Crippen LogP contribution in [0.2, 0.25) is 0 Å². The molecule has 1 saturated carbocycles. The van der Waals surface area contributed by atoms with Gasteiger partial charge in [0.05, 0.1) is 6.04 Å². The summed E-state index contributed by atoms with van der Waals surface area (Å²) in [6.45, 7) is 5.15. The van der Waals surface area contributed by atoms with E-state index in [1.165, 1.54) is 38.5 Å². The smallest absolute Gasteiger partial charge is 0.191 e. The molecule has 5 heteroatoms. The lowest BCUT2D eigenvalue weighted by Crippen LogP contribution is -2.45. The largest absolute Gasteiger partial charge is 0.465 e. The molecule has 0 amide bonds. The molecule has 2 fully saturated rings. The lowest BCUT2D eigenvalue weighted by Gasteiger charge is -2.27. The summed E-state index contributed by atoms with van der Waals surface area (Å²) in [5.74, 6) is 2.97. The molecule has 0 aromatic carbocycles. The number of furan rings is 1. The Bertz CT molecular complexity index is 513. The number of likely N-dealkylation sites (tertiary alicyclic amines) is 1. The highest BCUT2D eigenvalue weighted by atomic mass is 16.3. The molecule has 2 N–H and O–H groups in total. The molecule has 0 radical (unpaired) electrons. The molecule has 23 heavy (non-hydrogen) atoms. The van der Waals surface area contributed by atoms with E-state index in [1.807, 2.05) is 14.0 Å². The molecule has 1 unspecified atom stereocenters. The van der Waals surface area contributed by atoms with E-state index in [-0.39, 0.29) is 6.04 Å². The number of hydrogen-bond donors (Lipinski definition) is 2. The fourth-order valence-corrected chi connectivity index (χ4v) is 3.75. The quantitative estimate of drug-likeness (QED) is 0.647. The van der Waals surface area contributed by atoms with Gasteiger partial charge in [-0.2, -0.15) is 0 Å². The predicted octanol–water partition coefficient (Wildman–Crippen LogP) is 2.83. The van der Waals surface area contributed by atoms with Crippen LogP contribution in [-0.2, 0) is 0 Å². The van der Waals surface area contributed by atoms with Crippen molar-refractivity contribution in [3.63, 3.8) is 0 Å². The zero-order valence-corrected chi connectivity index (χ0v) is 14.5. The van der Waals surface area contributed by atoms with Gasteiger partial charge in [0.15, 0.2) is 5.96 Å². The van der Waals surface area contributed by atoms with Crippen molar-refractivity contribution in [2.24, 2.45) is 4.99 Å². The van der Waals surface area contributed by atoms with Crippen LogP contribution in [0.15, 0.2) is 21.5 Å².